The van der Waals surface area contributed by atoms with Gasteiger partial charge in [-0.2, -0.15) is 0 Å². The second-order valence-electron chi connectivity index (χ2n) is 7.41. The molecule has 0 radical (unpaired) electrons. The minimum atomic E-state index is -0.147. The molecule has 0 atom stereocenters. The van der Waals surface area contributed by atoms with Crippen molar-refractivity contribution in [3.8, 4) is 5.75 Å². The number of carbonyl (C=O) groups is 1. The summed E-state index contributed by atoms with van der Waals surface area (Å²) in [7, 11) is 0. The highest BCUT2D eigenvalue weighted by Gasteiger charge is 2.23. The minimum absolute atomic E-state index is 0.147. The Hall–Kier alpha value is -2.24. The molecule has 29 heavy (non-hydrogen) atoms. The molecule has 0 saturated carbocycles. The van der Waals surface area contributed by atoms with Crippen molar-refractivity contribution in [2.75, 3.05) is 49.5 Å². The number of benzene rings is 2. The summed E-state index contributed by atoms with van der Waals surface area (Å²) in [6, 6.07) is 13.0. The predicted octanol–water partition coefficient (Wildman–Crippen LogP) is 3.50. The summed E-state index contributed by atoms with van der Waals surface area (Å²) in [6.07, 6.45) is 2.12. The Morgan fingerprint density at radius 2 is 1.86 bits per heavy atom. The molecule has 1 aliphatic heterocycles. The van der Waals surface area contributed by atoms with Crippen LogP contribution in [0.1, 0.15) is 37.0 Å². The molecule has 2 aromatic rings. The van der Waals surface area contributed by atoms with Crippen molar-refractivity contribution in [3.63, 3.8) is 0 Å². The lowest BCUT2D eigenvalue weighted by atomic mass is 10.1. The van der Waals surface area contributed by atoms with Crippen molar-refractivity contribution in [2.45, 2.75) is 26.7 Å². The van der Waals surface area contributed by atoms with Crippen LogP contribution in [0.2, 0.25) is 5.02 Å². The van der Waals surface area contributed by atoms with Gasteiger partial charge in [0.2, 0.25) is 0 Å². The van der Waals surface area contributed by atoms with Crippen LogP contribution >= 0.6 is 11.6 Å². The van der Waals surface area contributed by atoms with E-state index in [-0.39, 0.29) is 5.91 Å². The van der Waals surface area contributed by atoms with Crippen molar-refractivity contribution in [3.05, 3.63) is 53.1 Å². The van der Waals surface area contributed by atoms with Gasteiger partial charge in [0.15, 0.2) is 0 Å². The van der Waals surface area contributed by atoms with E-state index < -0.39 is 0 Å². The van der Waals surface area contributed by atoms with Crippen LogP contribution in [-0.4, -0.2) is 45.2 Å². The third-order valence-corrected chi connectivity index (χ3v) is 5.71. The largest absolute Gasteiger partial charge is 0.494 e. The van der Waals surface area contributed by atoms with Gasteiger partial charge in [0.05, 0.1) is 55.7 Å². The van der Waals surface area contributed by atoms with Crippen molar-refractivity contribution >= 4 is 28.9 Å². The Kier molecular flexibility index (Phi) is 7.78. The number of para-hydroxylation sites is 1. The third kappa shape index (κ3) is 5.64. The Balaban J connectivity index is 1.70. The number of piperazine rings is 1. The summed E-state index contributed by atoms with van der Waals surface area (Å²) in [4.78, 5) is 16.7. The fraction of sp³-hybridized carbons (Fsp3) is 0.435. The Labute approximate surface area is 178 Å². The molecule has 0 spiro atoms. The predicted molar refractivity (Wildman–Crippen MR) is 120 cm³/mol. The summed E-state index contributed by atoms with van der Waals surface area (Å²) >= 11 is 6.53. The molecule has 0 bridgehead atoms. The van der Waals surface area contributed by atoms with Gasteiger partial charge in [-0.1, -0.05) is 31.0 Å². The number of hydrogen-bond acceptors (Lipinski definition) is 3. The molecular weight excluding hydrogens is 386 g/mol. The van der Waals surface area contributed by atoms with E-state index in [1.54, 1.807) is 17.0 Å². The molecular formula is C23H31ClN3O2+. The number of rotatable bonds is 8. The number of likely N-dealkylation sites (N-methyl/N-ethyl adjacent to an activating group) is 1. The number of nitrogens with zero attached hydrogens (tertiary/aromatic N) is 1. The summed E-state index contributed by atoms with van der Waals surface area (Å²) in [5.74, 6) is 0.640. The van der Waals surface area contributed by atoms with Gasteiger partial charge < -0.3 is 19.9 Å². The fourth-order valence-electron chi connectivity index (χ4n) is 3.57. The molecule has 0 unspecified atom stereocenters. The van der Waals surface area contributed by atoms with Gasteiger partial charge in [-0.25, -0.2) is 0 Å². The van der Waals surface area contributed by atoms with E-state index in [2.05, 4.69) is 24.1 Å². The number of amides is 1. The van der Waals surface area contributed by atoms with Gasteiger partial charge in [-0.3, -0.25) is 4.79 Å². The summed E-state index contributed by atoms with van der Waals surface area (Å²) in [5, 5.41) is 3.72. The maximum Gasteiger partial charge on any atom is 0.255 e. The van der Waals surface area contributed by atoms with Crippen molar-refractivity contribution < 1.29 is 14.4 Å². The average molecular weight is 417 g/mol. The molecule has 1 heterocycles. The maximum atomic E-state index is 12.8. The van der Waals surface area contributed by atoms with Crippen molar-refractivity contribution in [1.29, 1.82) is 0 Å². The number of anilines is 2. The number of unbranched alkanes of at least 4 members (excludes halogenated alkanes) is 1. The lowest BCUT2D eigenvalue weighted by Gasteiger charge is -2.34. The molecule has 156 valence electrons. The number of carbonyl (C=O) groups excluding carboxylic acids is 1. The van der Waals surface area contributed by atoms with E-state index >= 15 is 0 Å². The van der Waals surface area contributed by atoms with Gasteiger partial charge >= 0.3 is 0 Å². The second-order valence-corrected chi connectivity index (χ2v) is 7.81. The fourth-order valence-corrected chi connectivity index (χ4v) is 3.86. The lowest BCUT2D eigenvalue weighted by molar-refractivity contribution is -0.898. The molecule has 0 aliphatic carbocycles. The highest BCUT2D eigenvalue weighted by molar-refractivity contribution is 6.34. The first-order valence-electron chi connectivity index (χ1n) is 10.5. The lowest BCUT2D eigenvalue weighted by Crippen LogP contribution is -3.14. The van der Waals surface area contributed by atoms with E-state index in [1.807, 2.05) is 30.3 Å². The van der Waals surface area contributed by atoms with Crippen LogP contribution in [0.4, 0.5) is 11.4 Å². The Morgan fingerprint density at radius 1 is 1.14 bits per heavy atom. The summed E-state index contributed by atoms with van der Waals surface area (Å²) in [5.41, 5.74) is 2.27. The highest BCUT2D eigenvalue weighted by Crippen LogP contribution is 2.34. The van der Waals surface area contributed by atoms with E-state index in [1.165, 1.54) is 0 Å². The monoisotopic (exact) mass is 416 g/mol. The van der Waals surface area contributed by atoms with Gasteiger partial charge in [0.1, 0.15) is 5.75 Å². The quantitative estimate of drug-likeness (QED) is 0.647. The Morgan fingerprint density at radius 3 is 2.52 bits per heavy atom. The van der Waals surface area contributed by atoms with Crippen LogP contribution in [0.5, 0.6) is 5.75 Å². The molecule has 1 fully saturated rings. The summed E-state index contributed by atoms with van der Waals surface area (Å²) in [6.45, 7) is 10.2. The highest BCUT2D eigenvalue weighted by atomic mass is 35.5. The van der Waals surface area contributed by atoms with Crippen LogP contribution in [0.3, 0.4) is 0 Å². The zero-order valence-electron chi connectivity index (χ0n) is 17.3. The van der Waals surface area contributed by atoms with Gasteiger partial charge in [-0.05, 0) is 49.7 Å². The summed E-state index contributed by atoms with van der Waals surface area (Å²) < 4.78 is 5.67. The number of nitrogens with one attached hydrogen (secondary N) is 2. The van der Waals surface area contributed by atoms with Crippen LogP contribution < -0.4 is 19.9 Å². The van der Waals surface area contributed by atoms with Crippen LogP contribution in [0, 0.1) is 0 Å². The number of ether oxygens (including phenoxy) is 1. The number of hydrogen-bond donors (Lipinski definition) is 2. The molecule has 1 saturated heterocycles. The van der Waals surface area contributed by atoms with E-state index in [0.29, 0.717) is 17.2 Å². The molecule has 0 aromatic heterocycles. The van der Waals surface area contributed by atoms with E-state index in [4.69, 9.17) is 16.3 Å². The molecule has 6 heteroatoms. The van der Waals surface area contributed by atoms with Crippen LogP contribution in [-0.2, 0) is 0 Å². The molecule has 1 amide bonds. The standard InChI is InChI=1S/C23H30ClN3O2/c1-3-5-17-29-19-11-9-18(10-12-19)23(28)25-21-8-6-7-20(24)22(21)27-15-13-26(4-2)14-16-27/h6-12H,3-5,13-17H2,1-2H3,(H,25,28)/p+1. The van der Waals surface area contributed by atoms with Crippen molar-refractivity contribution in [1.82, 2.24) is 0 Å². The molecule has 2 N–H and O–H groups in total. The van der Waals surface area contributed by atoms with E-state index in [9.17, 15) is 4.79 Å². The molecule has 2 aromatic carbocycles. The number of halogens is 1. The van der Waals surface area contributed by atoms with Gasteiger partial charge in [0.25, 0.3) is 5.91 Å². The van der Waals surface area contributed by atoms with Crippen LogP contribution in [0.25, 0.3) is 0 Å². The zero-order valence-corrected chi connectivity index (χ0v) is 18.1. The number of quaternary nitrogens is 1. The second kappa shape index (κ2) is 10.5. The maximum absolute atomic E-state index is 12.8. The minimum Gasteiger partial charge on any atom is -0.494 e. The first kappa shape index (κ1) is 21.5. The zero-order chi connectivity index (χ0) is 20.6. The van der Waals surface area contributed by atoms with Gasteiger partial charge in [0, 0.05) is 5.56 Å². The SMILES string of the molecule is CCCCOc1ccc(C(=O)Nc2cccc(Cl)c2N2CC[NH+](CC)CC2)cc1. The molecule has 1 aliphatic rings. The first-order chi connectivity index (χ1) is 14.1. The van der Waals surface area contributed by atoms with Crippen LogP contribution in [0.15, 0.2) is 42.5 Å². The van der Waals surface area contributed by atoms with Gasteiger partial charge in [-0.15, -0.1) is 0 Å². The topological polar surface area (TPSA) is 46.0 Å². The average Bonchev–Trinajstić information content (AvgIpc) is 2.75. The van der Waals surface area contributed by atoms with E-state index in [0.717, 1.165) is 62.7 Å². The molecule has 5 nitrogen and oxygen atoms in total. The first-order valence-corrected chi connectivity index (χ1v) is 10.9. The Bertz CT molecular complexity index is 802. The molecule has 3 rings (SSSR count). The smallest absolute Gasteiger partial charge is 0.255 e. The normalized spacial score (nSPS) is 14.7. The third-order valence-electron chi connectivity index (χ3n) is 5.40. The van der Waals surface area contributed by atoms with Crippen molar-refractivity contribution in [2.24, 2.45) is 0 Å².